The van der Waals surface area contributed by atoms with E-state index in [0.29, 0.717) is 29.5 Å². The lowest BCUT2D eigenvalue weighted by Gasteiger charge is -2.36. The van der Waals surface area contributed by atoms with Crippen LogP contribution in [-0.4, -0.2) is 44.2 Å². The standard InChI is InChI=1S/C19H22ClN3O2/c1-14-3-6-16(7-4-14)22-9-11-23(12-10-22)19(24)21-15-5-8-18(25-2)17(20)13-15/h3-8,13H,9-12H2,1-2H3,(H,21,24). The Bertz CT molecular complexity index is 741. The number of aryl methyl sites for hydroxylation is 1. The molecule has 0 aromatic heterocycles. The summed E-state index contributed by atoms with van der Waals surface area (Å²) in [5, 5.41) is 3.37. The lowest BCUT2D eigenvalue weighted by atomic mass is 10.2. The highest BCUT2D eigenvalue weighted by Crippen LogP contribution is 2.27. The van der Waals surface area contributed by atoms with Crippen LogP contribution >= 0.6 is 11.6 Å². The Balaban J connectivity index is 1.56. The third-order valence-corrected chi connectivity index (χ3v) is 4.66. The zero-order valence-corrected chi connectivity index (χ0v) is 15.2. The fourth-order valence-electron chi connectivity index (χ4n) is 2.87. The molecule has 2 aromatic rings. The highest BCUT2D eigenvalue weighted by Gasteiger charge is 2.21. The van der Waals surface area contributed by atoms with Gasteiger partial charge in [0.1, 0.15) is 5.75 Å². The number of ether oxygens (including phenoxy) is 1. The molecular formula is C19H22ClN3O2. The predicted molar refractivity (Wildman–Crippen MR) is 102 cm³/mol. The molecule has 1 N–H and O–H groups in total. The topological polar surface area (TPSA) is 44.8 Å². The third kappa shape index (κ3) is 4.17. The molecule has 6 heteroatoms. The molecule has 0 unspecified atom stereocenters. The molecule has 2 aromatic carbocycles. The zero-order valence-electron chi connectivity index (χ0n) is 14.5. The number of rotatable bonds is 3. The second-order valence-corrected chi connectivity index (χ2v) is 6.50. The molecule has 0 radical (unpaired) electrons. The van der Waals surface area contributed by atoms with Crippen LogP contribution in [0.5, 0.6) is 5.75 Å². The number of hydrogen-bond acceptors (Lipinski definition) is 3. The maximum absolute atomic E-state index is 12.4. The van der Waals surface area contributed by atoms with E-state index in [1.807, 2.05) is 4.90 Å². The summed E-state index contributed by atoms with van der Waals surface area (Å²) in [5.74, 6) is 0.589. The summed E-state index contributed by atoms with van der Waals surface area (Å²) >= 11 is 6.10. The van der Waals surface area contributed by atoms with E-state index in [9.17, 15) is 4.79 Å². The van der Waals surface area contributed by atoms with Crippen LogP contribution in [0.2, 0.25) is 5.02 Å². The first-order valence-corrected chi connectivity index (χ1v) is 8.65. The summed E-state index contributed by atoms with van der Waals surface area (Å²) in [4.78, 5) is 16.6. The van der Waals surface area contributed by atoms with Crippen molar-refractivity contribution in [2.24, 2.45) is 0 Å². The van der Waals surface area contributed by atoms with E-state index in [1.54, 1.807) is 25.3 Å². The van der Waals surface area contributed by atoms with Gasteiger partial charge >= 0.3 is 6.03 Å². The van der Waals surface area contributed by atoms with Crippen molar-refractivity contribution in [2.45, 2.75) is 6.92 Å². The average molecular weight is 360 g/mol. The number of urea groups is 1. The molecule has 3 rings (SSSR count). The number of nitrogens with zero attached hydrogens (tertiary/aromatic N) is 2. The molecule has 0 aliphatic carbocycles. The molecule has 1 saturated heterocycles. The van der Waals surface area contributed by atoms with Crippen molar-refractivity contribution in [1.29, 1.82) is 0 Å². The summed E-state index contributed by atoms with van der Waals surface area (Å²) < 4.78 is 5.12. The maximum Gasteiger partial charge on any atom is 0.321 e. The molecular weight excluding hydrogens is 338 g/mol. The number of carbonyl (C=O) groups is 1. The minimum atomic E-state index is -0.107. The molecule has 1 fully saturated rings. The highest BCUT2D eigenvalue weighted by atomic mass is 35.5. The molecule has 0 saturated carbocycles. The molecule has 5 nitrogen and oxygen atoms in total. The fraction of sp³-hybridized carbons (Fsp3) is 0.316. The first kappa shape index (κ1) is 17.4. The predicted octanol–water partition coefficient (Wildman–Crippen LogP) is 4.01. The van der Waals surface area contributed by atoms with Crippen LogP contribution in [0.15, 0.2) is 42.5 Å². The summed E-state index contributed by atoms with van der Waals surface area (Å²) in [7, 11) is 1.56. The smallest absolute Gasteiger partial charge is 0.321 e. The number of benzene rings is 2. The first-order chi connectivity index (χ1) is 12.1. The summed E-state index contributed by atoms with van der Waals surface area (Å²) in [6, 6.07) is 13.6. The Labute approximate surface area is 153 Å². The Kier molecular flexibility index (Phi) is 5.34. The second-order valence-electron chi connectivity index (χ2n) is 6.09. The van der Waals surface area contributed by atoms with Crippen LogP contribution in [0.3, 0.4) is 0 Å². The van der Waals surface area contributed by atoms with E-state index < -0.39 is 0 Å². The van der Waals surface area contributed by atoms with Crippen molar-refractivity contribution in [3.05, 3.63) is 53.1 Å². The SMILES string of the molecule is COc1ccc(NC(=O)N2CCN(c3ccc(C)cc3)CC2)cc1Cl. The van der Waals surface area contributed by atoms with Gasteiger partial charge in [0.25, 0.3) is 0 Å². The van der Waals surface area contributed by atoms with Gasteiger partial charge < -0.3 is 19.9 Å². The lowest BCUT2D eigenvalue weighted by molar-refractivity contribution is 0.208. The minimum Gasteiger partial charge on any atom is -0.495 e. The van der Waals surface area contributed by atoms with Crippen molar-refractivity contribution in [2.75, 3.05) is 43.5 Å². The van der Waals surface area contributed by atoms with Gasteiger partial charge in [0.2, 0.25) is 0 Å². The molecule has 132 valence electrons. The van der Waals surface area contributed by atoms with Gasteiger partial charge in [-0.2, -0.15) is 0 Å². The number of anilines is 2. The van der Waals surface area contributed by atoms with Gasteiger partial charge in [0.05, 0.1) is 12.1 Å². The molecule has 0 spiro atoms. The van der Waals surface area contributed by atoms with Crippen molar-refractivity contribution in [3.8, 4) is 5.75 Å². The fourth-order valence-corrected chi connectivity index (χ4v) is 3.13. The number of hydrogen-bond donors (Lipinski definition) is 1. The normalized spacial score (nSPS) is 14.4. The van der Waals surface area contributed by atoms with Gasteiger partial charge in [-0.15, -0.1) is 0 Å². The van der Waals surface area contributed by atoms with Gasteiger partial charge in [-0.25, -0.2) is 4.79 Å². The van der Waals surface area contributed by atoms with Gasteiger partial charge in [-0.3, -0.25) is 0 Å². The zero-order chi connectivity index (χ0) is 17.8. The number of nitrogens with one attached hydrogen (secondary N) is 1. The van der Waals surface area contributed by atoms with Gasteiger partial charge in [0.15, 0.2) is 0 Å². The highest BCUT2D eigenvalue weighted by molar-refractivity contribution is 6.32. The second kappa shape index (κ2) is 7.66. The Morgan fingerprint density at radius 3 is 2.36 bits per heavy atom. The Morgan fingerprint density at radius 1 is 1.08 bits per heavy atom. The van der Waals surface area contributed by atoms with Crippen molar-refractivity contribution in [3.63, 3.8) is 0 Å². The number of amides is 2. The average Bonchev–Trinajstić information content (AvgIpc) is 2.63. The summed E-state index contributed by atoms with van der Waals surface area (Å²) in [5.41, 5.74) is 3.12. The minimum absolute atomic E-state index is 0.107. The molecule has 1 aliphatic heterocycles. The number of piperazine rings is 1. The van der Waals surface area contributed by atoms with E-state index in [-0.39, 0.29) is 6.03 Å². The molecule has 0 bridgehead atoms. The Hall–Kier alpha value is -2.40. The van der Waals surface area contributed by atoms with Crippen LogP contribution in [0.1, 0.15) is 5.56 Å². The van der Waals surface area contributed by atoms with Gasteiger partial charge in [0, 0.05) is 37.6 Å². The number of carbonyl (C=O) groups excluding carboxylic acids is 1. The lowest BCUT2D eigenvalue weighted by Crippen LogP contribution is -2.50. The summed E-state index contributed by atoms with van der Waals surface area (Å²) in [6.07, 6.45) is 0. The van der Waals surface area contributed by atoms with E-state index in [1.165, 1.54) is 11.3 Å². The number of methoxy groups -OCH3 is 1. The first-order valence-electron chi connectivity index (χ1n) is 8.28. The molecule has 0 atom stereocenters. The van der Waals surface area contributed by atoms with Crippen LogP contribution < -0.4 is 15.0 Å². The third-order valence-electron chi connectivity index (χ3n) is 4.37. The number of halogens is 1. The van der Waals surface area contributed by atoms with Crippen LogP contribution in [0, 0.1) is 6.92 Å². The maximum atomic E-state index is 12.4. The quantitative estimate of drug-likeness (QED) is 0.900. The van der Waals surface area contributed by atoms with Crippen molar-refractivity contribution >= 4 is 29.0 Å². The van der Waals surface area contributed by atoms with E-state index in [2.05, 4.69) is 41.4 Å². The van der Waals surface area contributed by atoms with E-state index >= 15 is 0 Å². The molecule has 1 heterocycles. The monoisotopic (exact) mass is 359 g/mol. The van der Waals surface area contributed by atoms with Crippen molar-refractivity contribution < 1.29 is 9.53 Å². The van der Waals surface area contributed by atoms with Crippen LogP contribution in [0.25, 0.3) is 0 Å². The summed E-state index contributed by atoms with van der Waals surface area (Å²) in [6.45, 7) is 5.09. The van der Waals surface area contributed by atoms with Gasteiger partial charge in [-0.1, -0.05) is 29.3 Å². The molecule has 1 aliphatic rings. The van der Waals surface area contributed by atoms with Crippen LogP contribution in [-0.2, 0) is 0 Å². The van der Waals surface area contributed by atoms with Crippen LogP contribution in [0.4, 0.5) is 16.2 Å². The van der Waals surface area contributed by atoms with E-state index in [4.69, 9.17) is 16.3 Å². The molecule has 2 amide bonds. The largest absolute Gasteiger partial charge is 0.495 e. The Morgan fingerprint density at radius 2 is 1.76 bits per heavy atom. The molecule has 25 heavy (non-hydrogen) atoms. The van der Waals surface area contributed by atoms with Gasteiger partial charge in [-0.05, 0) is 37.3 Å². The van der Waals surface area contributed by atoms with E-state index in [0.717, 1.165) is 13.1 Å². The van der Waals surface area contributed by atoms with Crippen molar-refractivity contribution in [1.82, 2.24) is 4.90 Å².